The summed E-state index contributed by atoms with van der Waals surface area (Å²) in [5.41, 5.74) is 0. The van der Waals surface area contributed by atoms with Gasteiger partial charge >= 0.3 is 0 Å². The Balaban J connectivity index is 1.98. The maximum absolute atomic E-state index is 5.77. The molecule has 1 heterocycles. The van der Waals surface area contributed by atoms with Crippen LogP contribution in [-0.2, 0) is 0 Å². The van der Waals surface area contributed by atoms with Crippen molar-refractivity contribution in [2.75, 3.05) is 0 Å². The van der Waals surface area contributed by atoms with Crippen molar-refractivity contribution in [3.63, 3.8) is 0 Å². The van der Waals surface area contributed by atoms with Crippen molar-refractivity contribution in [1.82, 2.24) is 9.97 Å². The molecule has 0 unspecified atom stereocenters. The number of aromatic nitrogens is 2. The SMILES string of the molecule is Clc1ncc(Br)c(Oc2ccc3cc(Br)ccc3c2)n1. The summed E-state index contributed by atoms with van der Waals surface area (Å²) < 4.78 is 7.43. The topological polar surface area (TPSA) is 35.0 Å². The van der Waals surface area contributed by atoms with Crippen LogP contribution >= 0.6 is 43.5 Å². The zero-order chi connectivity index (χ0) is 14.1. The fourth-order valence-electron chi connectivity index (χ4n) is 1.77. The van der Waals surface area contributed by atoms with Crippen molar-refractivity contribution in [3.05, 3.63) is 56.8 Å². The van der Waals surface area contributed by atoms with Crippen LogP contribution in [0.2, 0.25) is 5.28 Å². The summed E-state index contributed by atoms with van der Waals surface area (Å²) in [7, 11) is 0. The highest BCUT2D eigenvalue weighted by atomic mass is 79.9. The number of ether oxygens (including phenoxy) is 1. The lowest BCUT2D eigenvalue weighted by Gasteiger charge is -2.07. The van der Waals surface area contributed by atoms with Gasteiger partial charge in [0.2, 0.25) is 11.2 Å². The number of benzene rings is 2. The van der Waals surface area contributed by atoms with Gasteiger partial charge in [-0.15, -0.1) is 0 Å². The third-order valence-electron chi connectivity index (χ3n) is 2.67. The highest BCUT2D eigenvalue weighted by Crippen LogP contribution is 2.30. The summed E-state index contributed by atoms with van der Waals surface area (Å²) in [5, 5.41) is 2.36. The first-order chi connectivity index (χ1) is 9.61. The van der Waals surface area contributed by atoms with Gasteiger partial charge < -0.3 is 4.74 Å². The maximum Gasteiger partial charge on any atom is 0.237 e. The van der Waals surface area contributed by atoms with Crippen LogP contribution in [0.25, 0.3) is 10.8 Å². The van der Waals surface area contributed by atoms with Crippen molar-refractivity contribution in [1.29, 1.82) is 0 Å². The van der Waals surface area contributed by atoms with Gasteiger partial charge in [-0.2, -0.15) is 4.98 Å². The normalized spacial score (nSPS) is 10.8. The maximum atomic E-state index is 5.77. The van der Waals surface area contributed by atoms with Gasteiger partial charge in [0.25, 0.3) is 0 Å². The zero-order valence-corrected chi connectivity index (χ0v) is 13.9. The molecule has 0 N–H and O–H groups in total. The number of hydrogen-bond acceptors (Lipinski definition) is 3. The van der Waals surface area contributed by atoms with Gasteiger partial charge in [-0.25, -0.2) is 4.98 Å². The highest BCUT2D eigenvalue weighted by Gasteiger charge is 2.07. The molecule has 0 amide bonds. The van der Waals surface area contributed by atoms with Gasteiger partial charge in [0, 0.05) is 10.7 Å². The lowest BCUT2D eigenvalue weighted by molar-refractivity contribution is 0.459. The number of halogens is 3. The predicted octanol–water partition coefficient (Wildman–Crippen LogP) is 5.60. The lowest BCUT2D eigenvalue weighted by atomic mass is 10.1. The fourth-order valence-corrected chi connectivity index (χ4v) is 2.55. The molecule has 3 rings (SSSR count). The Bertz CT molecular complexity index is 795. The highest BCUT2D eigenvalue weighted by molar-refractivity contribution is 9.10. The smallest absolute Gasteiger partial charge is 0.237 e. The van der Waals surface area contributed by atoms with E-state index in [1.807, 2.05) is 30.3 Å². The molecule has 6 heteroatoms. The molecule has 0 bridgehead atoms. The van der Waals surface area contributed by atoms with Crippen LogP contribution in [0.5, 0.6) is 11.6 Å². The summed E-state index contributed by atoms with van der Waals surface area (Å²) in [6.07, 6.45) is 1.56. The molecule has 0 aliphatic rings. The van der Waals surface area contributed by atoms with E-state index in [2.05, 4.69) is 47.9 Å². The van der Waals surface area contributed by atoms with Gasteiger partial charge in [-0.05, 0) is 62.6 Å². The van der Waals surface area contributed by atoms with Crippen LogP contribution < -0.4 is 4.74 Å². The molecule has 1 aromatic heterocycles. The molecule has 0 fully saturated rings. The predicted molar refractivity (Wildman–Crippen MR) is 86.5 cm³/mol. The Hall–Kier alpha value is -1.17. The molecule has 2 aromatic carbocycles. The molecular formula is C14H7Br2ClN2O. The second-order valence-electron chi connectivity index (χ2n) is 4.05. The van der Waals surface area contributed by atoms with E-state index >= 15 is 0 Å². The molecule has 0 spiro atoms. The van der Waals surface area contributed by atoms with Crippen LogP contribution in [0.1, 0.15) is 0 Å². The van der Waals surface area contributed by atoms with E-state index in [0.717, 1.165) is 15.2 Å². The van der Waals surface area contributed by atoms with Crippen molar-refractivity contribution in [2.24, 2.45) is 0 Å². The average Bonchev–Trinajstić information content (AvgIpc) is 2.43. The molecule has 0 radical (unpaired) electrons. The van der Waals surface area contributed by atoms with Crippen molar-refractivity contribution >= 4 is 54.2 Å². The quantitative estimate of drug-likeness (QED) is 0.512. The molecule has 0 saturated heterocycles. The van der Waals surface area contributed by atoms with E-state index < -0.39 is 0 Å². The third-order valence-corrected chi connectivity index (χ3v) is 3.89. The summed E-state index contributed by atoms with van der Waals surface area (Å²) in [5.74, 6) is 1.08. The van der Waals surface area contributed by atoms with E-state index in [4.69, 9.17) is 16.3 Å². The number of fused-ring (bicyclic) bond motifs is 1. The van der Waals surface area contributed by atoms with Crippen molar-refractivity contribution in [2.45, 2.75) is 0 Å². The molecule has 0 aliphatic carbocycles. The fraction of sp³-hybridized carbons (Fsp3) is 0. The van der Waals surface area contributed by atoms with E-state index in [1.54, 1.807) is 6.20 Å². The van der Waals surface area contributed by atoms with Gasteiger partial charge in [-0.3, -0.25) is 0 Å². The van der Waals surface area contributed by atoms with Crippen LogP contribution in [0.15, 0.2) is 51.5 Å². The van der Waals surface area contributed by atoms with Gasteiger partial charge in [-0.1, -0.05) is 28.1 Å². The minimum atomic E-state index is 0.146. The molecule has 20 heavy (non-hydrogen) atoms. The average molecular weight is 414 g/mol. The molecule has 0 saturated carbocycles. The van der Waals surface area contributed by atoms with Crippen molar-refractivity contribution in [3.8, 4) is 11.6 Å². The first-order valence-electron chi connectivity index (χ1n) is 5.67. The molecule has 3 nitrogen and oxygen atoms in total. The standard InChI is InChI=1S/C14H7Br2ClN2O/c15-10-3-1-9-6-11(4-2-8(9)5-10)20-13-12(16)7-18-14(17)19-13/h1-7H. The minimum Gasteiger partial charge on any atom is -0.438 e. The third kappa shape index (κ3) is 2.95. The minimum absolute atomic E-state index is 0.146. The second-order valence-corrected chi connectivity index (χ2v) is 6.16. The molecule has 3 aromatic rings. The Morgan fingerprint density at radius 2 is 1.75 bits per heavy atom. The summed E-state index contributed by atoms with van der Waals surface area (Å²) in [6, 6.07) is 11.9. The van der Waals surface area contributed by atoms with Crippen molar-refractivity contribution < 1.29 is 4.74 Å². The monoisotopic (exact) mass is 412 g/mol. The van der Waals surface area contributed by atoms with Crippen LogP contribution in [0.3, 0.4) is 0 Å². The van der Waals surface area contributed by atoms with Gasteiger partial charge in [0.05, 0.1) is 4.47 Å². The van der Waals surface area contributed by atoms with E-state index in [1.165, 1.54) is 0 Å². The number of rotatable bonds is 2. The molecule has 0 aliphatic heterocycles. The molecule has 100 valence electrons. The van der Waals surface area contributed by atoms with E-state index in [-0.39, 0.29) is 5.28 Å². The second kappa shape index (κ2) is 5.68. The Labute approximate surface area is 137 Å². The molecular weight excluding hydrogens is 407 g/mol. The lowest BCUT2D eigenvalue weighted by Crippen LogP contribution is -1.91. The van der Waals surface area contributed by atoms with Crippen LogP contribution in [0, 0.1) is 0 Å². The Morgan fingerprint density at radius 3 is 2.60 bits per heavy atom. The Morgan fingerprint density at radius 1 is 1.00 bits per heavy atom. The summed E-state index contributed by atoms with van der Waals surface area (Å²) in [4.78, 5) is 7.90. The zero-order valence-electron chi connectivity index (χ0n) is 9.98. The van der Waals surface area contributed by atoms with Crippen LogP contribution in [0.4, 0.5) is 0 Å². The van der Waals surface area contributed by atoms with Gasteiger partial charge in [0.1, 0.15) is 5.75 Å². The van der Waals surface area contributed by atoms with E-state index in [0.29, 0.717) is 16.1 Å². The Kier molecular flexibility index (Phi) is 3.92. The summed E-state index contributed by atoms with van der Waals surface area (Å²) >= 11 is 12.6. The first kappa shape index (κ1) is 13.8. The first-order valence-corrected chi connectivity index (χ1v) is 7.63. The van der Waals surface area contributed by atoms with E-state index in [9.17, 15) is 0 Å². The van der Waals surface area contributed by atoms with Crippen LogP contribution in [-0.4, -0.2) is 9.97 Å². The number of nitrogens with zero attached hydrogens (tertiary/aromatic N) is 2. The number of hydrogen-bond donors (Lipinski definition) is 0. The molecule has 0 atom stereocenters. The van der Waals surface area contributed by atoms with Gasteiger partial charge in [0.15, 0.2) is 0 Å². The largest absolute Gasteiger partial charge is 0.438 e. The summed E-state index contributed by atoms with van der Waals surface area (Å²) in [6.45, 7) is 0.